The molecule has 0 radical (unpaired) electrons. The van der Waals surface area contributed by atoms with Crippen LogP contribution in [0.4, 0.5) is 0 Å². The fraction of sp³-hybridized carbons (Fsp3) is 0.632. The lowest BCUT2D eigenvalue weighted by atomic mass is 9.91. The van der Waals surface area contributed by atoms with Gasteiger partial charge in [-0.1, -0.05) is 19.9 Å². The number of carbonyl (C=O) groups is 2. The monoisotopic (exact) mass is 408 g/mol. The van der Waals surface area contributed by atoms with Gasteiger partial charge < -0.3 is 10.2 Å². The molecule has 3 rings (SSSR count). The lowest BCUT2D eigenvalue weighted by molar-refractivity contribution is -0.138. The maximum absolute atomic E-state index is 12.9. The average molecular weight is 409 g/mol. The molecule has 0 unspecified atom stereocenters. The Bertz CT molecular complexity index is 828. The van der Waals surface area contributed by atoms with Crippen LogP contribution in [0.15, 0.2) is 24.4 Å². The minimum Gasteiger partial charge on any atom is -0.350 e. The van der Waals surface area contributed by atoms with E-state index in [2.05, 4.69) is 24.1 Å². The van der Waals surface area contributed by atoms with E-state index in [9.17, 15) is 18.0 Å². The fourth-order valence-electron chi connectivity index (χ4n) is 4.22. The van der Waals surface area contributed by atoms with Crippen molar-refractivity contribution in [3.8, 4) is 0 Å². The number of nitrogens with one attached hydrogen (secondary N) is 1. The van der Waals surface area contributed by atoms with Gasteiger partial charge >= 0.3 is 0 Å². The number of nitrogens with zero attached hydrogens (tertiary/aromatic N) is 3. The normalized spacial score (nSPS) is 25.8. The minimum atomic E-state index is -3.44. The van der Waals surface area contributed by atoms with Gasteiger partial charge in [0.05, 0.1) is 31.0 Å². The molecule has 2 aliphatic heterocycles. The highest BCUT2D eigenvalue weighted by Gasteiger charge is 2.50. The third-order valence-corrected chi connectivity index (χ3v) is 6.66. The second kappa shape index (κ2) is 8.16. The van der Waals surface area contributed by atoms with Crippen molar-refractivity contribution in [3.05, 3.63) is 30.1 Å². The number of carbonyl (C=O) groups excluding carboxylic acids is 2. The number of amides is 2. The van der Waals surface area contributed by atoms with E-state index in [-0.39, 0.29) is 42.9 Å². The Kier molecular flexibility index (Phi) is 6.04. The zero-order valence-electron chi connectivity index (χ0n) is 16.5. The van der Waals surface area contributed by atoms with E-state index in [0.717, 1.165) is 11.9 Å². The summed E-state index contributed by atoms with van der Waals surface area (Å²) in [5.74, 6) is -0.355. The molecule has 2 saturated heterocycles. The van der Waals surface area contributed by atoms with Crippen LogP contribution < -0.4 is 5.32 Å². The molecule has 0 spiro atoms. The summed E-state index contributed by atoms with van der Waals surface area (Å²) in [6, 6.07) is 5.06. The third kappa shape index (κ3) is 4.52. The summed E-state index contributed by atoms with van der Waals surface area (Å²) in [6.45, 7) is 4.56. The van der Waals surface area contributed by atoms with Crippen LogP contribution in [0.25, 0.3) is 0 Å². The molecule has 9 heteroatoms. The van der Waals surface area contributed by atoms with E-state index in [1.807, 2.05) is 18.2 Å². The van der Waals surface area contributed by atoms with E-state index in [0.29, 0.717) is 25.3 Å². The second-order valence-corrected chi connectivity index (χ2v) is 10.1. The average Bonchev–Trinajstić information content (AvgIpc) is 2.98. The third-order valence-electron chi connectivity index (χ3n) is 5.44. The Morgan fingerprint density at radius 3 is 2.71 bits per heavy atom. The maximum Gasteiger partial charge on any atom is 0.238 e. The van der Waals surface area contributed by atoms with Crippen LogP contribution >= 0.6 is 0 Å². The van der Waals surface area contributed by atoms with Crippen molar-refractivity contribution in [3.63, 3.8) is 0 Å². The van der Waals surface area contributed by atoms with Gasteiger partial charge in [-0.15, -0.1) is 0 Å². The minimum absolute atomic E-state index is 0.107. The summed E-state index contributed by atoms with van der Waals surface area (Å²) in [5.41, 5.74) is 0.770. The molecule has 2 fully saturated rings. The molecule has 0 aliphatic carbocycles. The van der Waals surface area contributed by atoms with Crippen molar-refractivity contribution in [2.45, 2.75) is 45.3 Å². The smallest absolute Gasteiger partial charge is 0.238 e. The van der Waals surface area contributed by atoms with Crippen LogP contribution in [-0.2, 0) is 26.2 Å². The zero-order chi connectivity index (χ0) is 20.5. The van der Waals surface area contributed by atoms with E-state index >= 15 is 0 Å². The number of sulfonamides is 1. The molecule has 2 aliphatic rings. The summed E-state index contributed by atoms with van der Waals surface area (Å²) in [7, 11) is -3.44. The predicted molar refractivity (Wildman–Crippen MR) is 104 cm³/mol. The van der Waals surface area contributed by atoms with Crippen molar-refractivity contribution in [2.24, 2.45) is 11.8 Å². The van der Waals surface area contributed by atoms with E-state index in [4.69, 9.17) is 0 Å². The summed E-state index contributed by atoms with van der Waals surface area (Å²) in [6.07, 6.45) is 3.98. The van der Waals surface area contributed by atoms with Gasteiger partial charge in [0, 0.05) is 24.8 Å². The quantitative estimate of drug-likeness (QED) is 0.743. The summed E-state index contributed by atoms with van der Waals surface area (Å²) in [5, 5.41) is 2.94. The molecule has 3 atom stereocenters. The molecule has 154 valence electrons. The van der Waals surface area contributed by atoms with E-state index in [1.165, 1.54) is 4.31 Å². The number of hydrogen-bond donors (Lipinski definition) is 1. The lowest BCUT2D eigenvalue weighted by Crippen LogP contribution is -2.57. The zero-order valence-corrected chi connectivity index (χ0v) is 17.4. The molecular formula is C19H28N4O4S. The Hall–Kier alpha value is -2.00. The van der Waals surface area contributed by atoms with Gasteiger partial charge in [-0.3, -0.25) is 14.6 Å². The van der Waals surface area contributed by atoms with Gasteiger partial charge in [0.1, 0.15) is 0 Å². The Labute approximate surface area is 166 Å². The fourth-order valence-corrected chi connectivity index (χ4v) is 5.01. The summed E-state index contributed by atoms with van der Waals surface area (Å²) in [4.78, 5) is 31.7. The SMILES string of the molecule is CC(C)C[C@@H]1[C@H](C(=O)NCc2ccccn2)C[C@@H]2CN(S(C)(=O)=O)CC(=O)N21. The molecule has 0 saturated carbocycles. The molecule has 28 heavy (non-hydrogen) atoms. The van der Waals surface area contributed by atoms with Crippen LogP contribution in [-0.4, -0.2) is 65.9 Å². The summed E-state index contributed by atoms with van der Waals surface area (Å²) < 4.78 is 25.1. The lowest BCUT2D eigenvalue weighted by Gasteiger charge is -2.39. The number of hydrogen-bond acceptors (Lipinski definition) is 5. The molecular weight excluding hydrogens is 380 g/mol. The van der Waals surface area contributed by atoms with Crippen LogP contribution in [0.1, 0.15) is 32.4 Å². The van der Waals surface area contributed by atoms with Crippen molar-refractivity contribution in [1.82, 2.24) is 19.5 Å². The molecule has 0 aromatic carbocycles. The standard InChI is InChI=1S/C19H28N4O4S/c1-13(2)8-17-16(19(25)21-10-14-6-4-5-7-20-14)9-15-11-22(28(3,26)27)12-18(24)23(15)17/h4-7,13,15-17H,8-12H2,1-3H3,(H,21,25)/t15-,16-,17-/m1/s1. The van der Waals surface area contributed by atoms with Gasteiger partial charge in [-0.25, -0.2) is 8.42 Å². The number of rotatable bonds is 6. The number of aromatic nitrogens is 1. The predicted octanol–water partition coefficient (Wildman–Crippen LogP) is 0.605. The van der Waals surface area contributed by atoms with Crippen LogP contribution in [0.3, 0.4) is 0 Å². The van der Waals surface area contributed by atoms with Gasteiger partial charge in [-0.05, 0) is 30.9 Å². The Morgan fingerprint density at radius 2 is 2.11 bits per heavy atom. The first-order valence-corrected chi connectivity index (χ1v) is 11.5. The molecule has 1 aromatic heterocycles. The molecule has 0 bridgehead atoms. The van der Waals surface area contributed by atoms with Crippen LogP contribution in [0.5, 0.6) is 0 Å². The summed E-state index contributed by atoms with van der Waals surface area (Å²) >= 11 is 0. The van der Waals surface area contributed by atoms with E-state index in [1.54, 1.807) is 11.1 Å². The number of fused-ring (bicyclic) bond motifs is 1. The largest absolute Gasteiger partial charge is 0.350 e. The van der Waals surface area contributed by atoms with Gasteiger partial charge in [0.2, 0.25) is 21.8 Å². The van der Waals surface area contributed by atoms with Gasteiger partial charge in [0.15, 0.2) is 0 Å². The highest BCUT2D eigenvalue weighted by atomic mass is 32.2. The first-order valence-electron chi connectivity index (χ1n) is 9.60. The van der Waals surface area contributed by atoms with Gasteiger partial charge in [-0.2, -0.15) is 4.31 Å². The van der Waals surface area contributed by atoms with Crippen molar-refractivity contribution >= 4 is 21.8 Å². The number of pyridine rings is 1. The van der Waals surface area contributed by atoms with Gasteiger partial charge in [0.25, 0.3) is 0 Å². The van der Waals surface area contributed by atoms with E-state index < -0.39 is 10.0 Å². The Morgan fingerprint density at radius 1 is 1.36 bits per heavy atom. The molecule has 1 aromatic rings. The van der Waals surface area contributed by atoms with Crippen LogP contribution in [0.2, 0.25) is 0 Å². The first-order chi connectivity index (χ1) is 13.2. The topological polar surface area (TPSA) is 99.7 Å². The second-order valence-electron chi connectivity index (χ2n) is 8.09. The molecule has 2 amide bonds. The molecule has 1 N–H and O–H groups in total. The Balaban J connectivity index is 1.76. The first kappa shape index (κ1) is 20.7. The van der Waals surface area contributed by atoms with Crippen molar-refractivity contribution in [1.29, 1.82) is 0 Å². The highest BCUT2D eigenvalue weighted by molar-refractivity contribution is 7.88. The molecule has 3 heterocycles. The molecule has 8 nitrogen and oxygen atoms in total. The van der Waals surface area contributed by atoms with Crippen LogP contribution in [0, 0.1) is 11.8 Å². The maximum atomic E-state index is 12.9. The van der Waals surface area contributed by atoms with Crippen molar-refractivity contribution < 1.29 is 18.0 Å². The van der Waals surface area contributed by atoms with Crippen molar-refractivity contribution in [2.75, 3.05) is 19.3 Å². The highest BCUT2D eigenvalue weighted by Crippen LogP contribution is 2.37. The number of piperazine rings is 1.